The number of hydrogen-bond acceptors (Lipinski definition) is 4. The van der Waals surface area contributed by atoms with E-state index >= 15 is 0 Å². The molecule has 0 aromatic rings. The van der Waals surface area contributed by atoms with E-state index in [1.807, 2.05) is 0 Å². The molecule has 0 bridgehead atoms. The lowest BCUT2D eigenvalue weighted by molar-refractivity contribution is 0.541. The lowest BCUT2D eigenvalue weighted by atomic mass is 10.2. The number of unbranched alkanes of at least 4 members (excludes halogenated alkanes) is 1. The van der Waals surface area contributed by atoms with Gasteiger partial charge in [-0.25, -0.2) is 21.6 Å². The van der Waals surface area contributed by atoms with Gasteiger partial charge in [0.1, 0.15) is 9.84 Å². The molecule has 0 spiro atoms. The van der Waals surface area contributed by atoms with Gasteiger partial charge in [0.15, 0.2) is 0 Å². The molecule has 1 heterocycles. The van der Waals surface area contributed by atoms with Gasteiger partial charge in [-0.1, -0.05) is 22.6 Å². The summed E-state index contributed by atoms with van der Waals surface area (Å²) in [4.78, 5) is 0. The van der Waals surface area contributed by atoms with Crippen molar-refractivity contribution in [2.45, 2.75) is 30.9 Å². The molecule has 1 N–H and O–H groups in total. The number of halogens is 1. The van der Waals surface area contributed by atoms with E-state index in [9.17, 15) is 16.8 Å². The molecule has 0 radical (unpaired) electrons. The Bertz CT molecular complexity index is 418. The van der Waals surface area contributed by atoms with Crippen LogP contribution in [0.2, 0.25) is 0 Å². The van der Waals surface area contributed by atoms with Crippen LogP contribution in [0.5, 0.6) is 0 Å². The number of rotatable bonds is 6. The van der Waals surface area contributed by atoms with Crippen LogP contribution in [0, 0.1) is 0 Å². The third-order valence-corrected chi connectivity index (χ3v) is 7.24. The lowest BCUT2D eigenvalue weighted by Crippen LogP contribution is -2.40. The van der Waals surface area contributed by atoms with Crippen LogP contribution in [-0.2, 0) is 19.9 Å². The smallest absolute Gasteiger partial charge is 0.214 e. The van der Waals surface area contributed by atoms with Crippen LogP contribution in [0.1, 0.15) is 25.7 Å². The fourth-order valence-electron chi connectivity index (χ4n) is 1.73. The van der Waals surface area contributed by atoms with Crippen molar-refractivity contribution in [3.05, 3.63) is 0 Å². The van der Waals surface area contributed by atoms with Crippen molar-refractivity contribution in [1.82, 2.24) is 4.72 Å². The summed E-state index contributed by atoms with van der Waals surface area (Å²) in [5, 5.41) is -0.536. The number of alkyl halides is 1. The summed E-state index contributed by atoms with van der Waals surface area (Å²) in [7, 11) is -6.33. The Kier molecular flexibility index (Phi) is 6.14. The minimum Gasteiger partial charge on any atom is -0.229 e. The van der Waals surface area contributed by atoms with E-state index < -0.39 is 25.1 Å². The van der Waals surface area contributed by atoms with Crippen LogP contribution < -0.4 is 4.72 Å². The van der Waals surface area contributed by atoms with Gasteiger partial charge in [-0.2, -0.15) is 0 Å². The van der Waals surface area contributed by atoms with E-state index in [4.69, 9.17) is 0 Å². The second-order valence-electron chi connectivity index (χ2n) is 4.19. The molecule has 0 aromatic heterocycles. The molecule has 0 unspecified atom stereocenters. The summed E-state index contributed by atoms with van der Waals surface area (Å²) in [6, 6.07) is 0. The first-order valence-electron chi connectivity index (χ1n) is 5.62. The van der Waals surface area contributed by atoms with Gasteiger partial charge in [-0.15, -0.1) is 0 Å². The molecule has 1 aliphatic heterocycles. The van der Waals surface area contributed by atoms with E-state index in [2.05, 4.69) is 27.3 Å². The molecule has 1 rings (SSSR count). The molecule has 0 amide bonds. The van der Waals surface area contributed by atoms with E-state index in [0.717, 1.165) is 17.3 Å². The SMILES string of the molecule is O=S1(=O)CCC(S(=O)(=O)NCCCCI)CC1. The Morgan fingerprint density at radius 3 is 2.29 bits per heavy atom. The molecule has 5 nitrogen and oxygen atoms in total. The Morgan fingerprint density at radius 2 is 1.76 bits per heavy atom. The third kappa shape index (κ3) is 5.39. The first kappa shape index (κ1) is 15.6. The Hall–Kier alpha value is 0.590. The third-order valence-electron chi connectivity index (χ3n) is 2.80. The summed E-state index contributed by atoms with van der Waals surface area (Å²) in [6.45, 7) is 0.453. The Morgan fingerprint density at radius 1 is 1.18 bits per heavy atom. The second-order valence-corrected chi connectivity index (χ2v) is 9.61. The first-order chi connectivity index (χ1) is 7.87. The normalized spacial score (nSPS) is 21.5. The molecule has 0 atom stereocenters. The zero-order valence-corrected chi connectivity index (χ0v) is 13.4. The van der Waals surface area contributed by atoms with Crippen molar-refractivity contribution in [2.75, 3.05) is 22.5 Å². The maximum atomic E-state index is 11.9. The molecule has 102 valence electrons. The summed E-state index contributed by atoms with van der Waals surface area (Å²) in [6.07, 6.45) is 2.27. The van der Waals surface area contributed by atoms with Crippen molar-refractivity contribution < 1.29 is 16.8 Å². The zero-order chi connectivity index (χ0) is 12.9. The standard InChI is InChI=1S/C9H18INO4S2/c10-5-1-2-6-11-17(14,15)9-3-7-16(12,13)8-4-9/h9,11H,1-8H2. The molecule has 1 saturated heterocycles. The molecule has 1 aliphatic rings. The molecule has 0 saturated carbocycles. The van der Waals surface area contributed by atoms with Crippen molar-refractivity contribution in [3.63, 3.8) is 0 Å². The highest BCUT2D eigenvalue weighted by Crippen LogP contribution is 2.18. The minimum atomic E-state index is -3.33. The van der Waals surface area contributed by atoms with E-state index in [0.29, 0.717) is 6.54 Å². The molecule has 0 aromatic carbocycles. The quantitative estimate of drug-likeness (QED) is 0.408. The van der Waals surface area contributed by atoms with Gasteiger partial charge < -0.3 is 0 Å². The minimum absolute atomic E-state index is 0.00761. The fourth-order valence-corrected chi connectivity index (χ4v) is 5.58. The van der Waals surface area contributed by atoms with Crippen molar-refractivity contribution >= 4 is 42.5 Å². The predicted molar refractivity (Wildman–Crippen MR) is 76.7 cm³/mol. The predicted octanol–water partition coefficient (Wildman–Crippen LogP) is 0.698. The first-order valence-corrected chi connectivity index (χ1v) is 10.5. The van der Waals surface area contributed by atoms with Gasteiger partial charge in [0.2, 0.25) is 10.0 Å². The van der Waals surface area contributed by atoms with Gasteiger partial charge in [-0.05, 0) is 30.1 Å². The van der Waals surface area contributed by atoms with Crippen molar-refractivity contribution in [1.29, 1.82) is 0 Å². The fraction of sp³-hybridized carbons (Fsp3) is 1.00. The number of hydrogen-bond donors (Lipinski definition) is 1. The second kappa shape index (κ2) is 6.67. The average molecular weight is 395 g/mol. The Balaban J connectivity index is 2.43. The van der Waals surface area contributed by atoms with Gasteiger partial charge in [0.05, 0.1) is 16.8 Å². The van der Waals surface area contributed by atoms with Gasteiger partial charge in [0, 0.05) is 6.54 Å². The summed E-state index contributed by atoms with van der Waals surface area (Å²) in [5.74, 6) is -0.0152. The maximum absolute atomic E-state index is 11.9. The van der Waals surface area contributed by atoms with E-state index in [-0.39, 0.29) is 24.3 Å². The molecule has 17 heavy (non-hydrogen) atoms. The molecular weight excluding hydrogens is 377 g/mol. The van der Waals surface area contributed by atoms with Crippen molar-refractivity contribution in [3.8, 4) is 0 Å². The summed E-state index contributed by atoms with van der Waals surface area (Å²) >= 11 is 2.25. The number of nitrogens with one attached hydrogen (secondary N) is 1. The van der Waals surface area contributed by atoms with E-state index in [1.165, 1.54) is 0 Å². The van der Waals surface area contributed by atoms with Crippen LogP contribution in [0.4, 0.5) is 0 Å². The number of sulfone groups is 1. The van der Waals surface area contributed by atoms with Gasteiger partial charge >= 0.3 is 0 Å². The zero-order valence-electron chi connectivity index (χ0n) is 9.56. The Labute approximate surface area is 117 Å². The monoisotopic (exact) mass is 395 g/mol. The highest BCUT2D eigenvalue weighted by atomic mass is 127. The van der Waals surface area contributed by atoms with Crippen molar-refractivity contribution in [2.24, 2.45) is 0 Å². The topological polar surface area (TPSA) is 80.3 Å². The highest BCUT2D eigenvalue weighted by molar-refractivity contribution is 14.1. The maximum Gasteiger partial charge on any atom is 0.214 e. The van der Waals surface area contributed by atoms with Crippen LogP contribution >= 0.6 is 22.6 Å². The van der Waals surface area contributed by atoms with E-state index in [1.54, 1.807) is 0 Å². The largest absolute Gasteiger partial charge is 0.229 e. The number of sulfonamides is 1. The van der Waals surface area contributed by atoms with Crippen LogP contribution in [0.25, 0.3) is 0 Å². The summed E-state index contributed by atoms with van der Waals surface area (Å²) < 4.78 is 49.7. The lowest BCUT2D eigenvalue weighted by Gasteiger charge is -2.22. The van der Waals surface area contributed by atoms with Gasteiger partial charge in [0.25, 0.3) is 0 Å². The average Bonchev–Trinajstić information content (AvgIpc) is 2.24. The van der Waals surface area contributed by atoms with Gasteiger partial charge in [-0.3, -0.25) is 0 Å². The van der Waals surface area contributed by atoms with Crippen LogP contribution in [0.3, 0.4) is 0 Å². The molecular formula is C9H18INO4S2. The van der Waals surface area contributed by atoms with Crippen LogP contribution in [0.15, 0.2) is 0 Å². The summed E-state index contributed by atoms with van der Waals surface area (Å²) in [5.41, 5.74) is 0. The highest BCUT2D eigenvalue weighted by Gasteiger charge is 2.32. The molecule has 0 aliphatic carbocycles. The molecule has 8 heteroatoms. The van der Waals surface area contributed by atoms with Crippen LogP contribution in [-0.4, -0.2) is 44.6 Å². The molecule has 1 fully saturated rings.